The van der Waals surface area contributed by atoms with Gasteiger partial charge in [-0.25, -0.2) is 0 Å². The van der Waals surface area contributed by atoms with Crippen molar-refractivity contribution in [2.24, 2.45) is 11.7 Å². The summed E-state index contributed by atoms with van der Waals surface area (Å²) in [5, 5.41) is 4.15. The summed E-state index contributed by atoms with van der Waals surface area (Å²) in [6.07, 6.45) is 4.33. The molecule has 0 amide bonds. The van der Waals surface area contributed by atoms with E-state index in [0.717, 1.165) is 25.0 Å². The molecular weight excluding hydrogens is 206 g/mol. The predicted molar refractivity (Wildman–Crippen MR) is 64.9 cm³/mol. The van der Waals surface area contributed by atoms with E-state index in [0.29, 0.717) is 5.92 Å². The molecule has 86 valence electrons. The summed E-state index contributed by atoms with van der Waals surface area (Å²) in [6, 6.07) is 0.126. The highest BCUT2D eigenvalue weighted by Crippen LogP contribution is 2.25. The molecule has 0 radical (unpaired) electrons. The molecule has 0 aromatic carbocycles. The first-order valence-corrected chi connectivity index (χ1v) is 6.53. The molecule has 0 spiro atoms. The van der Waals surface area contributed by atoms with Gasteiger partial charge in [0, 0.05) is 6.04 Å². The molecule has 4 heteroatoms. The summed E-state index contributed by atoms with van der Waals surface area (Å²) in [5.41, 5.74) is 7.29. The third-order valence-electron chi connectivity index (χ3n) is 2.76. The average Bonchev–Trinajstić information content (AvgIpc) is 2.66. The van der Waals surface area contributed by atoms with E-state index in [4.69, 9.17) is 5.73 Å². The van der Waals surface area contributed by atoms with Crippen LogP contribution >= 0.6 is 11.5 Å². The second-order valence-electron chi connectivity index (χ2n) is 4.19. The van der Waals surface area contributed by atoms with E-state index in [1.54, 1.807) is 0 Å². The van der Waals surface area contributed by atoms with Crippen molar-refractivity contribution in [3.8, 4) is 0 Å². The molecule has 0 aliphatic carbocycles. The Bertz CT molecular complexity index is 285. The molecule has 1 rings (SSSR count). The summed E-state index contributed by atoms with van der Waals surface area (Å²) in [7, 11) is 0. The maximum absolute atomic E-state index is 6.18. The van der Waals surface area contributed by atoms with E-state index in [-0.39, 0.29) is 6.04 Å². The molecule has 3 nitrogen and oxygen atoms in total. The van der Waals surface area contributed by atoms with Crippen LogP contribution in [-0.4, -0.2) is 9.59 Å². The van der Waals surface area contributed by atoms with E-state index in [2.05, 4.69) is 30.4 Å². The van der Waals surface area contributed by atoms with Crippen LogP contribution in [-0.2, 0) is 6.42 Å². The van der Waals surface area contributed by atoms with Gasteiger partial charge in [0.1, 0.15) is 0 Å². The highest BCUT2D eigenvalue weighted by atomic mass is 32.1. The lowest BCUT2D eigenvalue weighted by Crippen LogP contribution is -2.14. The zero-order valence-electron chi connectivity index (χ0n) is 9.86. The largest absolute Gasteiger partial charge is 0.323 e. The van der Waals surface area contributed by atoms with Gasteiger partial charge in [-0.05, 0) is 30.3 Å². The van der Waals surface area contributed by atoms with Gasteiger partial charge in [0.2, 0.25) is 0 Å². The van der Waals surface area contributed by atoms with Crippen molar-refractivity contribution >= 4 is 11.5 Å². The Labute approximate surface area is 96.2 Å². The van der Waals surface area contributed by atoms with Gasteiger partial charge in [0.15, 0.2) is 0 Å². The van der Waals surface area contributed by atoms with Gasteiger partial charge in [-0.1, -0.05) is 38.1 Å². The van der Waals surface area contributed by atoms with Crippen molar-refractivity contribution in [2.45, 2.75) is 52.5 Å². The molecule has 2 N–H and O–H groups in total. The first-order chi connectivity index (χ1) is 7.19. The normalized spacial score (nSPS) is 15.2. The third kappa shape index (κ3) is 3.54. The Kier molecular flexibility index (Phi) is 5.19. The minimum atomic E-state index is 0.126. The number of nitrogens with two attached hydrogens (primary N) is 1. The number of hydrogen-bond donors (Lipinski definition) is 1. The molecule has 0 aliphatic rings. The minimum absolute atomic E-state index is 0.126. The number of aryl methyl sites for hydroxylation is 1. The van der Waals surface area contributed by atoms with E-state index >= 15 is 0 Å². The lowest BCUT2D eigenvalue weighted by molar-refractivity contribution is 0.463. The lowest BCUT2D eigenvalue weighted by atomic mass is 9.98. The molecule has 0 aliphatic heterocycles. The highest BCUT2D eigenvalue weighted by Gasteiger charge is 2.16. The van der Waals surface area contributed by atoms with E-state index in [1.807, 2.05) is 0 Å². The Hall–Kier alpha value is -0.480. The SMILES string of the molecule is CCCc1nnsc1C(N)CC(C)CC. The van der Waals surface area contributed by atoms with E-state index in [9.17, 15) is 0 Å². The van der Waals surface area contributed by atoms with Gasteiger partial charge in [-0.3, -0.25) is 0 Å². The van der Waals surface area contributed by atoms with Gasteiger partial charge in [0.25, 0.3) is 0 Å². The Morgan fingerprint density at radius 1 is 1.40 bits per heavy atom. The van der Waals surface area contributed by atoms with Crippen molar-refractivity contribution in [1.82, 2.24) is 9.59 Å². The van der Waals surface area contributed by atoms with Crippen LogP contribution in [0.3, 0.4) is 0 Å². The molecule has 0 saturated carbocycles. The van der Waals surface area contributed by atoms with Crippen LogP contribution in [0, 0.1) is 5.92 Å². The first kappa shape index (κ1) is 12.6. The van der Waals surface area contributed by atoms with Gasteiger partial charge < -0.3 is 5.73 Å². The van der Waals surface area contributed by atoms with Crippen LogP contribution in [0.15, 0.2) is 0 Å². The minimum Gasteiger partial charge on any atom is -0.323 e. The summed E-state index contributed by atoms with van der Waals surface area (Å²) in [4.78, 5) is 1.19. The molecule has 1 aromatic rings. The number of rotatable bonds is 6. The summed E-state index contributed by atoms with van der Waals surface area (Å²) < 4.78 is 4.01. The van der Waals surface area contributed by atoms with Crippen molar-refractivity contribution in [2.75, 3.05) is 0 Å². The molecule has 1 aromatic heterocycles. The topological polar surface area (TPSA) is 51.8 Å². The lowest BCUT2D eigenvalue weighted by Gasteiger charge is -2.14. The molecule has 1 heterocycles. The van der Waals surface area contributed by atoms with Gasteiger partial charge in [0.05, 0.1) is 10.6 Å². The molecule has 2 unspecified atom stereocenters. The third-order valence-corrected chi connectivity index (χ3v) is 3.66. The molecule has 0 saturated heterocycles. The Balaban J connectivity index is 2.63. The smallest absolute Gasteiger partial charge is 0.0803 e. The molecule has 0 bridgehead atoms. The first-order valence-electron chi connectivity index (χ1n) is 5.75. The van der Waals surface area contributed by atoms with Crippen LogP contribution in [0.1, 0.15) is 56.6 Å². The van der Waals surface area contributed by atoms with E-state index < -0.39 is 0 Å². The van der Waals surface area contributed by atoms with Crippen molar-refractivity contribution in [3.63, 3.8) is 0 Å². The van der Waals surface area contributed by atoms with Crippen LogP contribution in [0.5, 0.6) is 0 Å². The quantitative estimate of drug-likeness (QED) is 0.813. The molecule has 15 heavy (non-hydrogen) atoms. The Morgan fingerprint density at radius 2 is 2.13 bits per heavy atom. The zero-order valence-corrected chi connectivity index (χ0v) is 10.7. The fourth-order valence-electron chi connectivity index (χ4n) is 1.61. The van der Waals surface area contributed by atoms with Gasteiger partial charge >= 0.3 is 0 Å². The fraction of sp³-hybridized carbons (Fsp3) is 0.818. The van der Waals surface area contributed by atoms with Crippen LogP contribution in [0.4, 0.5) is 0 Å². The fourth-order valence-corrected chi connectivity index (χ4v) is 2.32. The Morgan fingerprint density at radius 3 is 2.73 bits per heavy atom. The average molecular weight is 227 g/mol. The summed E-state index contributed by atoms with van der Waals surface area (Å²) in [6.45, 7) is 6.60. The number of nitrogens with zero attached hydrogens (tertiary/aromatic N) is 2. The molecule has 2 atom stereocenters. The van der Waals surface area contributed by atoms with E-state index in [1.165, 1.54) is 22.8 Å². The van der Waals surface area contributed by atoms with Crippen LogP contribution in [0.25, 0.3) is 0 Å². The highest BCUT2D eigenvalue weighted by molar-refractivity contribution is 7.05. The number of hydrogen-bond acceptors (Lipinski definition) is 4. The second kappa shape index (κ2) is 6.18. The standard InChI is InChI=1S/C11H21N3S/c1-4-6-10-11(15-14-13-10)9(12)7-8(3)5-2/h8-9H,4-7,12H2,1-3H3. The number of aromatic nitrogens is 2. The maximum atomic E-state index is 6.18. The molecule has 0 fully saturated rings. The van der Waals surface area contributed by atoms with Crippen molar-refractivity contribution in [1.29, 1.82) is 0 Å². The predicted octanol–water partition coefficient (Wildman–Crippen LogP) is 2.93. The van der Waals surface area contributed by atoms with Gasteiger partial charge in [-0.15, -0.1) is 5.10 Å². The maximum Gasteiger partial charge on any atom is 0.0803 e. The molecular formula is C11H21N3S. The van der Waals surface area contributed by atoms with Crippen molar-refractivity contribution in [3.05, 3.63) is 10.6 Å². The van der Waals surface area contributed by atoms with Crippen molar-refractivity contribution < 1.29 is 0 Å². The van der Waals surface area contributed by atoms with Gasteiger partial charge in [-0.2, -0.15) is 0 Å². The summed E-state index contributed by atoms with van der Waals surface area (Å²) >= 11 is 1.46. The zero-order chi connectivity index (χ0) is 11.3. The monoisotopic (exact) mass is 227 g/mol. The second-order valence-corrected chi connectivity index (χ2v) is 4.98. The van der Waals surface area contributed by atoms with Crippen LogP contribution in [0.2, 0.25) is 0 Å². The van der Waals surface area contributed by atoms with Crippen LogP contribution < -0.4 is 5.73 Å². The summed E-state index contributed by atoms with van der Waals surface area (Å²) in [5.74, 6) is 0.677.